The minimum absolute atomic E-state index is 0.0419. The van der Waals surface area contributed by atoms with E-state index in [-0.39, 0.29) is 5.91 Å². The first kappa shape index (κ1) is 13.7. The quantitative estimate of drug-likeness (QED) is 0.743. The summed E-state index contributed by atoms with van der Waals surface area (Å²) in [5.41, 5.74) is 3.90. The van der Waals surface area contributed by atoms with E-state index < -0.39 is 0 Å². The number of aromatic nitrogens is 1. The van der Waals surface area contributed by atoms with Gasteiger partial charge in [-0.15, -0.1) is 0 Å². The molecule has 0 bridgehead atoms. The molecule has 1 heterocycles. The largest absolute Gasteiger partial charge is 0.361 e. The van der Waals surface area contributed by atoms with E-state index in [0.29, 0.717) is 11.4 Å². The van der Waals surface area contributed by atoms with Gasteiger partial charge >= 0.3 is 0 Å². The second-order valence-electron chi connectivity index (χ2n) is 5.09. The zero-order valence-electron chi connectivity index (χ0n) is 11.6. The van der Waals surface area contributed by atoms with Crippen LogP contribution in [0.5, 0.6) is 0 Å². The van der Waals surface area contributed by atoms with Crippen molar-refractivity contribution in [3.8, 4) is 0 Å². The predicted octanol–water partition coefficient (Wildman–Crippen LogP) is 4.31. The number of amides is 1. The Balaban J connectivity index is 1.77. The highest BCUT2D eigenvalue weighted by atomic mass is 35.5. The number of hydrogen-bond donors (Lipinski definition) is 2. The van der Waals surface area contributed by atoms with Gasteiger partial charge in [0.2, 0.25) is 5.91 Å². The number of nitrogens with one attached hydrogen (secondary N) is 2. The third-order valence-electron chi connectivity index (χ3n) is 3.42. The predicted molar refractivity (Wildman–Crippen MR) is 86.8 cm³/mol. The van der Waals surface area contributed by atoms with E-state index in [0.717, 1.165) is 22.2 Å². The van der Waals surface area contributed by atoms with Gasteiger partial charge < -0.3 is 10.3 Å². The number of anilines is 1. The van der Waals surface area contributed by atoms with Crippen molar-refractivity contribution in [1.82, 2.24) is 4.98 Å². The Morgan fingerprint density at radius 3 is 2.71 bits per heavy atom. The Kier molecular flexibility index (Phi) is 3.67. The summed E-state index contributed by atoms with van der Waals surface area (Å²) < 4.78 is 0. The van der Waals surface area contributed by atoms with Gasteiger partial charge in [0.05, 0.1) is 6.42 Å². The second kappa shape index (κ2) is 5.62. The van der Waals surface area contributed by atoms with Crippen molar-refractivity contribution >= 4 is 34.1 Å². The van der Waals surface area contributed by atoms with Crippen LogP contribution in [0.3, 0.4) is 0 Å². The molecule has 1 amide bonds. The highest BCUT2D eigenvalue weighted by Crippen LogP contribution is 2.23. The van der Waals surface area contributed by atoms with E-state index in [1.165, 1.54) is 5.56 Å². The zero-order chi connectivity index (χ0) is 14.8. The van der Waals surface area contributed by atoms with Gasteiger partial charge in [-0.3, -0.25) is 4.79 Å². The number of rotatable bonds is 3. The number of aryl methyl sites for hydroxylation is 1. The van der Waals surface area contributed by atoms with Gasteiger partial charge in [-0.2, -0.15) is 0 Å². The molecular formula is C17H15ClN2O. The smallest absolute Gasteiger partial charge is 0.228 e. The molecular weight excluding hydrogens is 284 g/mol. The molecule has 4 heteroatoms. The van der Waals surface area contributed by atoms with Crippen LogP contribution in [0.4, 0.5) is 5.69 Å². The van der Waals surface area contributed by atoms with E-state index in [1.54, 1.807) is 0 Å². The van der Waals surface area contributed by atoms with Crippen molar-refractivity contribution in [2.45, 2.75) is 13.3 Å². The van der Waals surface area contributed by atoms with Crippen LogP contribution in [0.15, 0.2) is 48.7 Å². The molecule has 0 aliphatic carbocycles. The maximum absolute atomic E-state index is 12.1. The van der Waals surface area contributed by atoms with Gasteiger partial charge in [-0.1, -0.05) is 29.3 Å². The molecule has 0 saturated heterocycles. The summed E-state index contributed by atoms with van der Waals surface area (Å²) in [7, 11) is 0. The average Bonchev–Trinajstić information content (AvgIpc) is 2.84. The number of halogens is 1. The lowest BCUT2D eigenvalue weighted by Crippen LogP contribution is -2.14. The van der Waals surface area contributed by atoms with Gasteiger partial charge in [0.15, 0.2) is 0 Å². The molecule has 0 spiro atoms. The first-order valence-corrected chi connectivity index (χ1v) is 7.11. The molecule has 0 atom stereocenters. The second-order valence-corrected chi connectivity index (χ2v) is 5.53. The van der Waals surface area contributed by atoms with Crippen LogP contribution in [0.25, 0.3) is 10.9 Å². The standard InChI is InChI=1S/C17H15ClN2O/c1-11-2-5-14(6-3-11)20-17(21)8-12-10-19-16-7-4-13(18)9-15(12)16/h2-7,9-10,19H,8H2,1H3,(H,20,21). The number of carbonyl (C=O) groups is 1. The van der Waals surface area contributed by atoms with Gasteiger partial charge in [0.25, 0.3) is 0 Å². The molecule has 0 unspecified atom stereocenters. The van der Waals surface area contributed by atoms with Crippen LogP contribution in [-0.2, 0) is 11.2 Å². The molecule has 21 heavy (non-hydrogen) atoms. The first-order valence-electron chi connectivity index (χ1n) is 6.74. The van der Waals surface area contributed by atoms with Crippen LogP contribution in [0.2, 0.25) is 5.02 Å². The third kappa shape index (κ3) is 3.09. The fourth-order valence-corrected chi connectivity index (χ4v) is 2.48. The van der Waals surface area contributed by atoms with E-state index in [9.17, 15) is 4.79 Å². The molecule has 106 valence electrons. The van der Waals surface area contributed by atoms with Gasteiger partial charge in [-0.05, 0) is 42.8 Å². The minimum Gasteiger partial charge on any atom is -0.361 e. The number of carbonyl (C=O) groups excluding carboxylic acids is 1. The van der Waals surface area contributed by atoms with Crippen molar-refractivity contribution in [2.24, 2.45) is 0 Å². The van der Waals surface area contributed by atoms with Crippen LogP contribution in [-0.4, -0.2) is 10.9 Å². The number of hydrogen-bond acceptors (Lipinski definition) is 1. The molecule has 2 aromatic carbocycles. The molecule has 0 aliphatic rings. The molecule has 3 aromatic rings. The summed E-state index contributed by atoms with van der Waals surface area (Å²) in [4.78, 5) is 15.3. The summed E-state index contributed by atoms with van der Waals surface area (Å²) in [5.74, 6) is -0.0419. The maximum Gasteiger partial charge on any atom is 0.228 e. The van der Waals surface area contributed by atoms with Crippen molar-refractivity contribution in [2.75, 3.05) is 5.32 Å². The third-order valence-corrected chi connectivity index (χ3v) is 3.65. The normalized spacial score (nSPS) is 10.8. The van der Waals surface area contributed by atoms with Crippen LogP contribution in [0.1, 0.15) is 11.1 Å². The molecule has 0 fully saturated rings. The Labute approximate surface area is 127 Å². The number of benzene rings is 2. The maximum atomic E-state index is 12.1. The molecule has 3 nitrogen and oxygen atoms in total. The molecule has 2 N–H and O–H groups in total. The van der Waals surface area contributed by atoms with Crippen molar-refractivity contribution in [3.63, 3.8) is 0 Å². The van der Waals surface area contributed by atoms with Crippen LogP contribution >= 0.6 is 11.6 Å². The highest BCUT2D eigenvalue weighted by molar-refractivity contribution is 6.31. The van der Waals surface area contributed by atoms with Crippen molar-refractivity contribution in [1.29, 1.82) is 0 Å². The fraction of sp³-hybridized carbons (Fsp3) is 0.118. The summed E-state index contributed by atoms with van der Waals surface area (Å²) >= 11 is 6.01. The topological polar surface area (TPSA) is 44.9 Å². The van der Waals surface area contributed by atoms with E-state index in [4.69, 9.17) is 11.6 Å². The summed E-state index contributed by atoms with van der Waals surface area (Å²) in [5, 5.41) is 4.56. The van der Waals surface area contributed by atoms with Crippen LogP contribution in [0, 0.1) is 6.92 Å². The van der Waals surface area contributed by atoms with Gasteiger partial charge in [0, 0.05) is 27.8 Å². The molecule has 0 aliphatic heterocycles. The zero-order valence-corrected chi connectivity index (χ0v) is 12.4. The van der Waals surface area contributed by atoms with E-state index in [1.807, 2.05) is 55.6 Å². The lowest BCUT2D eigenvalue weighted by molar-refractivity contribution is -0.115. The van der Waals surface area contributed by atoms with Crippen molar-refractivity contribution in [3.05, 3.63) is 64.8 Å². The molecule has 0 radical (unpaired) electrons. The monoisotopic (exact) mass is 298 g/mol. The molecule has 1 aromatic heterocycles. The number of aromatic amines is 1. The minimum atomic E-state index is -0.0419. The summed E-state index contributed by atoms with van der Waals surface area (Å²) in [6, 6.07) is 13.4. The van der Waals surface area contributed by atoms with Crippen LogP contribution < -0.4 is 5.32 Å². The summed E-state index contributed by atoms with van der Waals surface area (Å²) in [6.07, 6.45) is 2.17. The molecule has 0 saturated carbocycles. The van der Waals surface area contributed by atoms with Gasteiger partial charge in [0.1, 0.15) is 0 Å². The van der Waals surface area contributed by atoms with Gasteiger partial charge in [-0.25, -0.2) is 0 Å². The summed E-state index contributed by atoms with van der Waals surface area (Å²) in [6.45, 7) is 2.02. The Bertz CT molecular complexity index is 790. The number of fused-ring (bicyclic) bond motifs is 1. The Morgan fingerprint density at radius 2 is 1.95 bits per heavy atom. The lowest BCUT2D eigenvalue weighted by atomic mass is 10.1. The Hall–Kier alpha value is -2.26. The molecule has 3 rings (SSSR count). The van der Waals surface area contributed by atoms with E-state index in [2.05, 4.69) is 10.3 Å². The average molecular weight is 299 g/mol. The SMILES string of the molecule is Cc1ccc(NC(=O)Cc2c[nH]c3ccc(Cl)cc23)cc1. The fourth-order valence-electron chi connectivity index (χ4n) is 2.31. The lowest BCUT2D eigenvalue weighted by Gasteiger charge is -2.05. The highest BCUT2D eigenvalue weighted by Gasteiger charge is 2.09. The first-order chi connectivity index (χ1) is 10.1. The van der Waals surface area contributed by atoms with Crippen molar-refractivity contribution < 1.29 is 4.79 Å². The van der Waals surface area contributed by atoms with E-state index >= 15 is 0 Å². The Morgan fingerprint density at radius 1 is 1.19 bits per heavy atom. The number of H-pyrrole nitrogens is 1.